The number of nitrogens with one attached hydrogen (secondary N) is 2. The van der Waals surface area contributed by atoms with Crippen LogP contribution in [0, 0.1) is 11.8 Å². The number of ether oxygens (including phenoxy) is 1. The van der Waals surface area contributed by atoms with Gasteiger partial charge in [0.15, 0.2) is 0 Å². The van der Waals surface area contributed by atoms with Crippen LogP contribution in [-0.2, 0) is 29.1 Å². The van der Waals surface area contributed by atoms with E-state index in [0.29, 0.717) is 25.3 Å². The Balaban J connectivity index is 2.53. The minimum Gasteiger partial charge on any atom is -0.444 e. The van der Waals surface area contributed by atoms with Crippen LogP contribution in [0.3, 0.4) is 0 Å². The zero-order valence-electron chi connectivity index (χ0n) is 27.6. The second-order valence-corrected chi connectivity index (χ2v) is 22.4. The molecular weight excluding hydrogens is 589 g/mol. The van der Waals surface area contributed by atoms with Crippen LogP contribution in [0.25, 0.3) is 0 Å². The van der Waals surface area contributed by atoms with Gasteiger partial charge < -0.3 is 25.1 Å². The number of carbonyl (C=O) groups is 4. The molecule has 0 aromatic rings. The molecule has 0 aromatic carbocycles. The van der Waals surface area contributed by atoms with Crippen LogP contribution in [-0.4, -0.2) is 99.0 Å². The molecule has 2 saturated heterocycles. The lowest BCUT2D eigenvalue weighted by Crippen LogP contribution is -2.59. The predicted molar refractivity (Wildman–Crippen MR) is 171 cm³/mol. The molecular formula is C30H56N4O7SSi. The molecule has 0 saturated carbocycles. The number of hydrogen-bond acceptors (Lipinski definition) is 7. The minimum atomic E-state index is -3.74. The number of nitrogens with zero attached hydrogens (tertiary/aromatic N) is 2. The molecule has 0 bridgehead atoms. The third-order valence-corrected chi connectivity index (χ3v) is 12.1. The Kier molecular flexibility index (Phi) is 13.7. The normalized spacial score (nSPS) is 26.1. The van der Waals surface area contributed by atoms with E-state index in [9.17, 15) is 27.6 Å². The van der Waals surface area contributed by atoms with E-state index in [-0.39, 0.29) is 37.2 Å². The summed E-state index contributed by atoms with van der Waals surface area (Å²) in [5.41, 5.74) is -0.836. The van der Waals surface area contributed by atoms with Crippen LogP contribution in [0.1, 0.15) is 79.6 Å². The van der Waals surface area contributed by atoms with Crippen molar-refractivity contribution in [3.05, 3.63) is 0 Å². The second kappa shape index (κ2) is 15.8. The first-order valence-electron chi connectivity index (χ1n) is 15.9. The van der Waals surface area contributed by atoms with Crippen LogP contribution >= 0.6 is 0 Å². The minimum absolute atomic E-state index is 0.0205. The fourth-order valence-corrected chi connectivity index (χ4v) is 10.2. The van der Waals surface area contributed by atoms with Crippen molar-refractivity contribution >= 4 is 42.3 Å². The summed E-state index contributed by atoms with van der Waals surface area (Å²) in [5, 5.41) is 5.52. The topological polar surface area (TPSA) is 142 Å². The molecule has 2 N–H and O–H groups in total. The van der Waals surface area contributed by atoms with E-state index < -0.39 is 59.7 Å². The van der Waals surface area contributed by atoms with Crippen LogP contribution in [0.5, 0.6) is 0 Å². The lowest BCUT2D eigenvalue weighted by atomic mass is 9.88. The van der Waals surface area contributed by atoms with E-state index in [2.05, 4.69) is 30.3 Å². The fourth-order valence-electron chi connectivity index (χ4n) is 5.67. The quantitative estimate of drug-likeness (QED) is 0.318. The van der Waals surface area contributed by atoms with Gasteiger partial charge in [-0.05, 0) is 57.9 Å². The molecule has 0 spiro atoms. The summed E-state index contributed by atoms with van der Waals surface area (Å²) in [6.07, 6.45) is 4.85. The molecule has 13 heteroatoms. The molecule has 2 heterocycles. The number of sulfonamides is 1. The predicted octanol–water partition coefficient (Wildman–Crippen LogP) is 3.76. The van der Waals surface area contributed by atoms with Crippen molar-refractivity contribution in [2.75, 3.05) is 25.4 Å². The molecule has 2 rings (SSSR count). The molecule has 248 valence electrons. The first-order chi connectivity index (χ1) is 19.8. The van der Waals surface area contributed by atoms with E-state index in [1.807, 2.05) is 13.8 Å². The van der Waals surface area contributed by atoms with Crippen molar-refractivity contribution in [3.63, 3.8) is 0 Å². The maximum atomic E-state index is 14.3. The number of amides is 3. The number of aldehydes is 1. The number of carbonyl (C=O) groups excluding carboxylic acids is 4. The third kappa shape index (κ3) is 12.1. The molecule has 0 radical (unpaired) electrons. The van der Waals surface area contributed by atoms with Gasteiger partial charge in [-0.15, -0.1) is 0 Å². The lowest BCUT2D eigenvalue weighted by molar-refractivity contribution is -0.142. The molecule has 0 aromatic heterocycles. The van der Waals surface area contributed by atoms with Crippen molar-refractivity contribution < 1.29 is 32.3 Å². The van der Waals surface area contributed by atoms with Crippen molar-refractivity contribution in [1.82, 2.24) is 19.8 Å². The Labute approximate surface area is 260 Å². The van der Waals surface area contributed by atoms with E-state index >= 15 is 0 Å². The molecule has 2 fully saturated rings. The zero-order chi connectivity index (χ0) is 32.6. The Morgan fingerprint density at radius 1 is 1.07 bits per heavy atom. The lowest BCUT2D eigenvalue weighted by Gasteiger charge is -2.34. The molecule has 0 unspecified atom stereocenters. The summed E-state index contributed by atoms with van der Waals surface area (Å²) in [7, 11) is -5.43. The zero-order valence-corrected chi connectivity index (χ0v) is 29.4. The Hall–Kier alpha value is -1.99. The third-order valence-electron chi connectivity index (χ3n) is 8.15. The fraction of sp³-hybridized carbons (Fsp3) is 0.867. The molecule has 3 amide bonds. The number of fused-ring (bicyclic) bond motifs is 1. The van der Waals surface area contributed by atoms with Crippen LogP contribution in [0.15, 0.2) is 0 Å². The SMILES string of the molecule is CC(C)[C@H]1CCN2C(=O)[C@@H](NC(=O)OC(C)(C)C)CN(S(=O)(=O)CC[Si](C)(C)C)CCCCCCC[C@@H](C=O)NC(=O)[C@H]12. The second-order valence-electron chi connectivity index (χ2n) is 14.7. The number of rotatable bonds is 7. The average molecular weight is 645 g/mol. The monoisotopic (exact) mass is 644 g/mol. The van der Waals surface area contributed by atoms with Gasteiger partial charge in [0.1, 0.15) is 24.0 Å². The van der Waals surface area contributed by atoms with Gasteiger partial charge in [0.2, 0.25) is 21.8 Å². The first kappa shape index (κ1) is 37.2. The van der Waals surface area contributed by atoms with E-state index in [1.54, 1.807) is 20.8 Å². The smallest absolute Gasteiger partial charge is 0.408 e. The van der Waals surface area contributed by atoms with Crippen molar-refractivity contribution in [2.45, 2.75) is 129 Å². The number of hydrogen-bond donors (Lipinski definition) is 2. The molecule has 2 aliphatic rings. The average Bonchev–Trinajstić information content (AvgIpc) is 3.32. The summed E-state index contributed by atoms with van der Waals surface area (Å²) >= 11 is 0. The van der Waals surface area contributed by atoms with Gasteiger partial charge in [-0.25, -0.2) is 13.2 Å². The van der Waals surface area contributed by atoms with Crippen molar-refractivity contribution in [3.8, 4) is 0 Å². The van der Waals surface area contributed by atoms with Gasteiger partial charge in [-0.1, -0.05) is 59.2 Å². The molecule has 43 heavy (non-hydrogen) atoms. The van der Waals surface area contributed by atoms with Gasteiger partial charge in [-0.3, -0.25) is 9.59 Å². The summed E-state index contributed by atoms with van der Waals surface area (Å²) in [4.78, 5) is 54.2. The van der Waals surface area contributed by atoms with E-state index in [4.69, 9.17) is 4.74 Å². The summed E-state index contributed by atoms with van der Waals surface area (Å²) in [5.74, 6) is -1.04. The summed E-state index contributed by atoms with van der Waals surface area (Å²) in [6, 6.07) is -2.17. The maximum absolute atomic E-state index is 14.3. The molecule has 2 aliphatic heterocycles. The van der Waals surface area contributed by atoms with Gasteiger partial charge >= 0.3 is 6.09 Å². The van der Waals surface area contributed by atoms with Crippen LogP contribution in [0.4, 0.5) is 4.79 Å². The van der Waals surface area contributed by atoms with Gasteiger partial charge in [0.05, 0.1) is 11.8 Å². The largest absolute Gasteiger partial charge is 0.444 e. The summed E-state index contributed by atoms with van der Waals surface area (Å²) in [6.45, 7) is 15.7. The molecule has 11 nitrogen and oxygen atoms in total. The summed E-state index contributed by atoms with van der Waals surface area (Å²) < 4.78 is 34.2. The van der Waals surface area contributed by atoms with Gasteiger partial charge in [0, 0.05) is 27.7 Å². The van der Waals surface area contributed by atoms with Gasteiger partial charge in [-0.2, -0.15) is 4.31 Å². The van der Waals surface area contributed by atoms with Crippen LogP contribution < -0.4 is 10.6 Å². The Morgan fingerprint density at radius 2 is 1.70 bits per heavy atom. The van der Waals surface area contributed by atoms with Gasteiger partial charge in [0.25, 0.3) is 0 Å². The highest BCUT2D eigenvalue weighted by atomic mass is 32.2. The Bertz CT molecular complexity index is 1070. The van der Waals surface area contributed by atoms with E-state index in [0.717, 1.165) is 32.0 Å². The molecule has 4 atom stereocenters. The van der Waals surface area contributed by atoms with Crippen molar-refractivity contribution in [2.24, 2.45) is 11.8 Å². The highest BCUT2D eigenvalue weighted by Crippen LogP contribution is 2.32. The number of alkyl carbamates (subject to hydrolysis) is 1. The molecule has 0 aliphatic carbocycles. The first-order valence-corrected chi connectivity index (χ1v) is 21.2. The van der Waals surface area contributed by atoms with E-state index in [1.165, 1.54) is 9.21 Å². The van der Waals surface area contributed by atoms with Crippen molar-refractivity contribution in [1.29, 1.82) is 0 Å². The maximum Gasteiger partial charge on any atom is 0.408 e. The Morgan fingerprint density at radius 3 is 2.28 bits per heavy atom. The highest BCUT2D eigenvalue weighted by molar-refractivity contribution is 7.89. The van der Waals surface area contributed by atoms with Crippen LogP contribution in [0.2, 0.25) is 25.7 Å². The standard InChI is InChI=1S/C30H56N4O7SSi/c1-22(2)24-15-17-34-26(24)27(36)31-23(21-35)14-12-10-9-11-13-16-33(42(39,40)18-19-43(6,7)8)20-25(28(34)37)32-29(38)41-30(3,4)5/h21-26H,9-20H2,1-8H3,(H,31,36)(H,32,38)/t23-,24+,25-,26-/m0/s1. The highest BCUT2D eigenvalue weighted by Gasteiger charge is 2.46.